The van der Waals surface area contributed by atoms with Crippen LogP contribution in [-0.4, -0.2) is 22.8 Å². The number of aliphatic hydroxyl groups excluding tert-OH is 1. The molecule has 2 aromatic rings. The van der Waals surface area contributed by atoms with Crippen LogP contribution in [0, 0.1) is 11.8 Å². The molecule has 0 fully saturated rings. The van der Waals surface area contributed by atoms with Gasteiger partial charge >= 0.3 is 0 Å². The highest BCUT2D eigenvalue weighted by Crippen LogP contribution is 2.17. The van der Waals surface area contributed by atoms with Gasteiger partial charge in [0.05, 0.1) is 24.4 Å². The van der Waals surface area contributed by atoms with Gasteiger partial charge in [-0.3, -0.25) is 4.79 Å². The molecule has 0 saturated heterocycles. The number of rotatable bonds is 4. The van der Waals surface area contributed by atoms with E-state index in [1.54, 1.807) is 24.3 Å². The zero-order chi connectivity index (χ0) is 15.1. The van der Waals surface area contributed by atoms with Gasteiger partial charge in [-0.25, -0.2) is 0 Å². The second-order valence-corrected chi connectivity index (χ2v) is 4.54. The molecule has 0 saturated carbocycles. The fourth-order valence-corrected chi connectivity index (χ4v) is 1.80. The van der Waals surface area contributed by atoms with Crippen LogP contribution in [0.4, 0.5) is 0 Å². The van der Waals surface area contributed by atoms with Crippen molar-refractivity contribution in [3.05, 3.63) is 52.4 Å². The summed E-state index contributed by atoms with van der Waals surface area (Å²) in [5.41, 5.74) is 1.06. The van der Waals surface area contributed by atoms with Crippen molar-refractivity contribution in [1.29, 1.82) is 0 Å². The van der Waals surface area contributed by atoms with E-state index in [2.05, 4.69) is 22.3 Å². The summed E-state index contributed by atoms with van der Waals surface area (Å²) in [5.74, 6) is 5.93. The van der Waals surface area contributed by atoms with Gasteiger partial charge in [-0.2, -0.15) is 0 Å². The summed E-state index contributed by atoms with van der Waals surface area (Å²) in [4.78, 5) is 12.0. The zero-order valence-electron chi connectivity index (χ0n) is 11.1. The first-order valence-corrected chi connectivity index (χ1v) is 6.65. The summed E-state index contributed by atoms with van der Waals surface area (Å²) < 4.78 is 4.89. The molecule has 0 radical (unpaired) electrons. The van der Waals surface area contributed by atoms with Gasteiger partial charge < -0.3 is 14.9 Å². The Labute approximate surface area is 126 Å². The smallest absolute Gasteiger partial charge is 0.251 e. The Bertz CT molecular complexity index is 672. The summed E-state index contributed by atoms with van der Waals surface area (Å²) in [5, 5.41) is 15.3. The van der Waals surface area contributed by atoms with Crippen molar-refractivity contribution in [2.24, 2.45) is 0 Å². The molecule has 5 nitrogen and oxygen atoms in total. The van der Waals surface area contributed by atoms with Gasteiger partial charge in [0.2, 0.25) is 0 Å². The summed E-state index contributed by atoms with van der Waals surface area (Å²) in [6.45, 7) is 0.265. The number of nitrogens with one attached hydrogen (secondary N) is 1. The maximum atomic E-state index is 12.0. The van der Waals surface area contributed by atoms with Gasteiger partial charge in [0.25, 0.3) is 5.91 Å². The highest BCUT2D eigenvalue weighted by Gasteiger charge is 2.08. The molecule has 1 aromatic carbocycles. The molecule has 0 bridgehead atoms. The van der Waals surface area contributed by atoms with Crippen molar-refractivity contribution in [1.82, 2.24) is 10.5 Å². The molecule has 1 heterocycles. The van der Waals surface area contributed by atoms with Crippen molar-refractivity contribution >= 4 is 17.5 Å². The van der Waals surface area contributed by atoms with Crippen LogP contribution in [0.15, 0.2) is 35.0 Å². The highest BCUT2D eigenvalue weighted by molar-refractivity contribution is 6.32. The minimum atomic E-state index is -0.261. The fourth-order valence-electron chi connectivity index (χ4n) is 1.57. The van der Waals surface area contributed by atoms with E-state index in [0.717, 1.165) is 0 Å². The lowest BCUT2D eigenvalue weighted by Gasteiger charge is -2.04. The first-order chi connectivity index (χ1) is 10.2. The summed E-state index contributed by atoms with van der Waals surface area (Å²) in [6.07, 6.45) is 1.90. The van der Waals surface area contributed by atoms with Crippen LogP contribution in [0.5, 0.6) is 0 Å². The second-order valence-electron chi connectivity index (χ2n) is 4.13. The standard InChI is InChI=1S/C15H13ClN2O3/c16-14-9-12(5-4-11(14)3-1-2-8-19)15(20)17-10-13-6-7-18-21-13/h4-7,9,19H,2,8,10H2,(H,17,20). The molecule has 0 aliphatic rings. The normalized spacial score (nSPS) is 9.81. The monoisotopic (exact) mass is 304 g/mol. The molecule has 21 heavy (non-hydrogen) atoms. The minimum Gasteiger partial charge on any atom is -0.395 e. The Balaban J connectivity index is 2.02. The molecular formula is C15H13ClN2O3. The third kappa shape index (κ3) is 4.35. The molecule has 0 atom stereocenters. The average Bonchev–Trinajstić information content (AvgIpc) is 3.00. The van der Waals surface area contributed by atoms with Gasteiger partial charge in [0, 0.05) is 23.6 Å². The summed E-state index contributed by atoms with van der Waals surface area (Å²) >= 11 is 6.08. The molecule has 108 valence electrons. The van der Waals surface area contributed by atoms with Crippen LogP contribution in [0.25, 0.3) is 0 Å². The van der Waals surface area contributed by atoms with Crippen LogP contribution >= 0.6 is 11.6 Å². The number of hydrogen-bond donors (Lipinski definition) is 2. The molecular weight excluding hydrogens is 292 g/mol. The Morgan fingerprint density at radius 2 is 2.29 bits per heavy atom. The van der Waals surface area contributed by atoms with E-state index >= 15 is 0 Å². The molecule has 0 aliphatic carbocycles. The largest absolute Gasteiger partial charge is 0.395 e. The van der Waals surface area contributed by atoms with Crippen LogP contribution in [0.1, 0.15) is 28.1 Å². The van der Waals surface area contributed by atoms with Gasteiger partial charge in [-0.1, -0.05) is 28.6 Å². The summed E-state index contributed by atoms with van der Waals surface area (Å²) in [7, 11) is 0. The lowest BCUT2D eigenvalue weighted by molar-refractivity contribution is 0.0947. The van der Waals surface area contributed by atoms with Gasteiger partial charge in [-0.15, -0.1) is 0 Å². The number of carbonyl (C=O) groups excluding carboxylic acids is 1. The van der Waals surface area contributed by atoms with E-state index in [-0.39, 0.29) is 19.1 Å². The maximum Gasteiger partial charge on any atom is 0.251 e. The molecule has 0 unspecified atom stereocenters. The number of hydrogen-bond acceptors (Lipinski definition) is 4. The molecule has 1 aromatic heterocycles. The number of carbonyl (C=O) groups is 1. The SMILES string of the molecule is O=C(NCc1ccno1)c1ccc(C#CCCO)c(Cl)c1. The van der Waals surface area contributed by atoms with E-state index in [1.165, 1.54) is 6.20 Å². The molecule has 0 aliphatic heterocycles. The predicted octanol–water partition coefficient (Wildman–Crippen LogP) is 1.99. The maximum absolute atomic E-state index is 12.0. The Morgan fingerprint density at radius 1 is 1.43 bits per heavy atom. The zero-order valence-corrected chi connectivity index (χ0v) is 11.9. The van der Waals surface area contributed by atoms with Crippen LogP contribution in [0.3, 0.4) is 0 Å². The topological polar surface area (TPSA) is 75.4 Å². The predicted molar refractivity (Wildman–Crippen MR) is 77.7 cm³/mol. The Morgan fingerprint density at radius 3 is 2.95 bits per heavy atom. The van der Waals surface area contributed by atoms with E-state index in [1.807, 2.05) is 0 Å². The lowest BCUT2D eigenvalue weighted by atomic mass is 10.1. The van der Waals surface area contributed by atoms with E-state index in [0.29, 0.717) is 28.3 Å². The van der Waals surface area contributed by atoms with Crippen LogP contribution in [-0.2, 0) is 6.54 Å². The number of aromatic nitrogens is 1. The molecule has 6 heteroatoms. The third-order valence-electron chi connectivity index (χ3n) is 2.61. The van der Waals surface area contributed by atoms with Crippen LogP contribution in [0.2, 0.25) is 5.02 Å². The number of halogens is 1. The fraction of sp³-hybridized carbons (Fsp3) is 0.200. The van der Waals surface area contributed by atoms with E-state index in [9.17, 15) is 4.79 Å². The number of aliphatic hydroxyl groups is 1. The van der Waals surface area contributed by atoms with Crippen LogP contribution < -0.4 is 5.32 Å². The molecule has 2 rings (SSSR count). The summed E-state index contributed by atoms with van der Waals surface area (Å²) in [6, 6.07) is 6.55. The third-order valence-corrected chi connectivity index (χ3v) is 2.92. The first kappa shape index (κ1) is 15.1. The number of nitrogens with zero attached hydrogens (tertiary/aromatic N) is 1. The van der Waals surface area contributed by atoms with E-state index < -0.39 is 0 Å². The van der Waals surface area contributed by atoms with Gasteiger partial charge in [-0.05, 0) is 18.2 Å². The van der Waals surface area contributed by atoms with Crippen molar-refractivity contribution in [2.45, 2.75) is 13.0 Å². The molecule has 2 N–H and O–H groups in total. The van der Waals surface area contributed by atoms with E-state index in [4.69, 9.17) is 21.2 Å². The lowest BCUT2D eigenvalue weighted by Crippen LogP contribution is -2.22. The van der Waals surface area contributed by atoms with Crippen molar-refractivity contribution in [3.63, 3.8) is 0 Å². The average molecular weight is 305 g/mol. The second kappa shape index (κ2) is 7.48. The number of benzene rings is 1. The number of amides is 1. The first-order valence-electron chi connectivity index (χ1n) is 6.27. The van der Waals surface area contributed by atoms with Gasteiger partial charge in [0.1, 0.15) is 0 Å². The molecule has 0 spiro atoms. The van der Waals surface area contributed by atoms with Crippen molar-refractivity contribution in [2.75, 3.05) is 6.61 Å². The molecule has 1 amide bonds. The Hall–Kier alpha value is -2.29. The highest BCUT2D eigenvalue weighted by atomic mass is 35.5. The quantitative estimate of drug-likeness (QED) is 0.847. The minimum absolute atomic E-state index is 0.00669. The van der Waals surface area contributed by atoms with Crippen molar-refractivity contribution in [3.8, 4) is 11.8 Å². The van der Waals surface area contributed by atoms with Gasteiger partial charge in [0.15, 0.2) is 5.76 Å². The Kier molecular flexibility index (Phi) is 5.38. The van der Waals surface area contributed by atoms with Crippen molar-refractivity contribution < 1.29 is 14.4 Å².